The van der Waals surface area contributed by atoms with Gasteiger partial charge in [-0.05, 0) is 25.7 Å². The summed E-state index contributed by atoms with van der Waals surface area (Å²) in [6, 6.07) is 2.26. The van der Waals surface area contributed by atoms with Gasteiger partial charge in [0.2, 0.25) is 0 Å². The van der Waals surface area contributed by atoms with Gasteiger partial charge in [-0.1, -0.05) is 6.92 Å². The molecule has 1 aliphatic rings. The zero-order valence-corrected chi connectivity index (χ0v) is 12.4. The fourth-order valence-electron chi connectivity index (χ4n) is 2.58. The zero-order chi connectivity index (χ0) is 16.4. The molecule has 1 heterocycles. The van der Waals surface area contributed by atoms with Crippen LogP contribution in [0.3, 0.4) is 0 Å². The van der Waals surface area contributed by atoms with Crippen molar-refractivity contribution in [2.75, 3.05) is 13.1 Å². The van der Waals surface area contributed by atoms with E-state index in [1.165, 1.54) is 6.92 Å². The molecule has 22 heavy (non-hydrogen) atoms. The summed E-state index contributed by atoms with van der Waals surface area (Å²) in [5.41, 5.74) is -0.844. The number of hydrogen-bond acceptors (Lipinski definition) is 5. The molecule has 0 saturated carbocycles. The van der Waals surface area contributed by atoms with E-state index in [2.05, 4.69) is 6.92 Å². The number of nitro groups is 2. The van der Waals surface area contributed by atoms with Crippen molar-refractivity contribution in [3.63, 3.8) is 0 Å². The van der Waals surface area contributed by atoms with Crippen LogP contribution in [0.4, 0.5) is 11.4 Å². The van der Waals surface area contributed by atoms with Crippen LogP contribution in [0.2, 0.25) is 0 Å². The van der Waals surface area contributed by atoms with E-state index >= 15 is 0 Å². The van der Waals surface area contributed by atoms with Gasteiger partial charge in [0, 0.05) is 25.2 Å². The van der Waals surface area contributed by atoms with Crippen molar-refractivity contribution in [3.05, 3.63) is 43.5 Å². The molecular formula is C14H17N3O5. The molecule has 0 bridgehead atoms. The van der Waals surface area contributed by atoms with Crippen LogP contribution in [0.25, 0.3) is 0 Å². The van der Waals surface area contributed by atoms with Crippen LogP contribution in [0.5, 0.6) is 0 Å². The average Bonchev–Trinajstić information content (AvgIpc) is 2.47. The van der Waals surface area contributed by atoms with Crippen LogP contribution in [-0.2, 0) is 0 Å². The van der Waals surface area contributed by atoms with Gasteiger partial charge in [-0.2, -0.15) is 0 Å². The van der Waals surface area contributed by atoms with E-state index in [0.29, 0.717) is 19.0 Å². The van der Waals surface area contributed by atoms with Gasteiger partial charge in [0.25, 0.3) is 17.3 Å². The number of rotatable bonds is 3. The summed E-state index contributed by atoms with van der Waals surface area (Å²) in [4.78, 5) is 34.7. The lowest BCUT2D eigenvalue weighted by Gasteiger charge is -2.30. The van der Waals surface area contributed by atoms with Crippen LogP contribution in [0.15, 0.2) is 12.1 Å². The van der Waals surface area contributed by atoms with Crippen molar-refractivity contribution < 1.29 is 14.6 Å². The van der Waals surface area contributed by atoms with Crippen LogP contribution in [0, 0.1) is 33.1 Å². The van der Waals surface area contributed by atoms with Gasteiger partial charge in [0.15, 0.2) is 0 Å². The topological polar surface area (TPSA) is 107 Å². The summed E-state index contributed by atoms with van der Waals surface area (Å²) in [6.07, 6.45) is 1.73. The maximum atomic E-state index is 12.4. The standard InChI is InChI=1S/C14H17N3O5/c1-9-3-5-15(6-4-9)14(18)11-7-12(16(19)20)10(2)13(8-11)17(21)22/h7-9H,3-6H2,1-2H3. The smallest absolute Gasteiger partial charge is 0.279 e. The normalized spacial score (nSPS) is 15.6. The van der Waals surface area contributed by atoms with E-state index in [0.717, 1.165) is 25.0 Å². The summed E-state index contributed by atoms with van der Waals surface area (Å²) in [5.74, 6) is 0.142. The zero-order valence-electron chi connectivity index (χ0n) is 12.4. The number of likely N-dealkylation sites (tertiary alicyclic amines) is 1. The van der Waals surface area contributed by atoms with Crippen molar-refractivity contribution in [3.8, 4) is 0 Å². The maximum absolute atomic E-state index is 12.4. The third-order valence-corrected chi connectivity index (χ3v) is 4.06. The first-order valence-corrected chi connectivity index (χ1v) is 7.04. The van der Waals surface area contributed by atoms with Gasteiger partial charge < -0.3 is 4.90 Å². The Morgan fingerprint density at radius 3 is 2.00 bits per heavy atom. The van der Waals surface area contributed by atoms with E-state index in [1.807, 2.05) is 0 Å². The molecule has 0 spiro atoms. The molecule has 118 valence electrons. The molecule has 1 aromatic rings. The SMILES string of the molecule is Cc1c([N+](=O)[O-])cc(C(=O)N2CCC(C)CC2)cc1[N+](=O)[O-]. The van der Waals surface area contributed by atoms with E-state index < -0.39 is 27.1 Å². The number of nitrogens with zero attached hydrogens (tertiary/aromatic N) is 3. The first-order valence-electron chi connectivity index (χ1n) is 7.04. The first-order chi connectivity index (χ1) is 10.3. The van der Waals surface area contributed by atoms with Crippen molar-refractivity contribution in [1.29, 1.82) is 0 Å². The van der Waals surface area contributed by atoms with Crippen LogP contribution >= 0.6 is 0 Å². The summed E-state index contributed by atoms with van der Waals surface area (Å²) in [5, 5.41) is 22.1. The predicted octanol–water partition coefficient (Wildman–Crippen LogP) is 2.68. The number of nitro benzene ring substituents is 2. The molecule has 1 aromatic carbocycles. The number of benzene rings is 1. The molecule has 8 nitrogen and oxygen atoms in total. The molecule has 0 aromatic heterocycles. The molecule has 0 N–H and O–H groups in total. The molecule has 0 unspecified atom stereocenters. The van der Waals surface area contributed by atoms with Crippen LogP contribution in [-0.4, -0.2) is 33.7 Å². The minimum absolute atomic E-state index is 0.00134. The summed E-state index contributed by atoms with van der Waals surface area (Å²) in [6.45, 7) is 4.54. The maximum Gasteiger partial charge on any atom is 0.279 e. The van der Waals surface area contributed by atoms with E-state index in [-0.39, 0.29) is 11.1 Å². The number of hydrogen-bond donors (Lipinski definition) is 0. The molecule has 1 saturated heterocycles. The highest BCUT2D eigenvalue weighted by molar-refractivity contribution is 5.96. The van der Waals surface area contributed by atoms with Crippen molar-refractivity contribution in [2.24, 2.45) is 5.92 Å². The molecule has 8 heteroatoms. The van der Waals surface area contributed by atoms with Gasteiger partial charge >= 0.3 is 0 Å². The second-order valence-corrected chi connectivity index (χ2v) is 5.63. The summed E-state index contributed by atoms with van der Waals surface area (Å²) in [7, 11) is 0. The largest absolute Gasteiger partial charge is 0.339 e. The lowest BCUT2D eigenvalue weighted by molar-refractivity contribution is -0.395. The van der Waals surface area contributed by atoms with Crippen LogP contribution in [0.1, 0.15) is 35.7 Å². The number of carbonyl (C=O) groups is 1. The van der Waals surface area contributed by atoms with Gasteiger partial charge in [0.05, 0.1) is 15.4 Å². The van der Waals surface area contributed by atoms with E-state index in [9.17, 15) is 25.0 Å². The monoisotopic (exact) mass is 307 g/mol. The molecular weight excluding hydrogens is 290 g/mol. The van der Waals surface area contributed by atoms with Gasteiger partial charge in [-0.15, -0.1) is 0 Å². The number of carbonyl (C=O) groups excluding carboxylic acids is 1. The second kappa shape index (κ2) is 6.08. The Morgan fingerprint density at radius 2 is 1.59 bits per heavy atom. The Morgan fingerprint density at radius 1 is 1.14 bits per heavy atom. The second-order valence-electron chi connectivity index (χ2n) is 5.63. The molecule has 0 aliphatic carbocycles. The Balaban J connectivity index is 2.40. The molecule has 2 rings (SSSR count). The number of amides is 1. The minimum atomic E-state index is -0.697. The first kappa shape index (κ1) is 15.9. The van der Waals surface area contributed by atoms with Crippen molar-refractivity contribution in [1.82, 2.24) is 4.90 Å². The predicted molar refractivity (Wildman–Crippen MR) is 78.8 cm³/mol. The van der Waals surface area contributed by atoms with Crippen molar-refractivity contribution >= 4 is 17.3 Å². The highest BCUT2D eigenvalue weighted by atomic mass is 16.6. The van der Waals surface area contributed by atoms with E-state index in [4.69, 9.17) is 0 Å². The summed E-state index contributed by atoms with van der Waals surface area (Å²) < 4.78 is 0. The Bertz CT molecular complexity index is 600. The highest BCUT2D eigenvalue weighted by Crippen LogP contribution is 2.30. The Hall–Kier alpha value is -2.51. The molecule has 1 fully saturated rings. The Labute approximate surface area is 127 Å². The lowest BCUT2D eigenvalue weighted by Crippen LogP contribution is -2.37. The fourth-order valence-corrected chi connectivity index (χ4v) is 2.58. The van der Waals surface area contributed by atoms with Crippen molar-refractivity contribution in [2.45, 2.75) is 26.7 Å². The van der Waals surface area contributed by atoms with Gasteiger partial charge in [-0.3, -0.25) is 25.0 Å². The fraction of sp³-hybridized carbons (Fsp3) is 0.500. The quantitative estimate of drug-likeness (QED) is 0.630. The molecule has 0 radical (unpaired) electrons. The Kier molecular flexibility index (Phi) is 4.39. The van der Waals surface area contributed by atoms with Gasteiger partial charge in [0.1, 0.15) is 5.56 Å². The average molecular weight is 307 g/mol. The lowest BCUT2D eigenvalue weighted by atomic mass is 9.98. The van der Waals surface area contributed by atoms with Crippen LogP contribution < -0.4 is 0 Å². The molecule has 1 amide bonds. The molecule has 0 atom stereocenters. The molecule has 1 aliphatic heterocycles. The minimum Gasteiger partial charge on any atom is -0.339 e. The van der Waals surface area contributed by atoms with Gasteiger partial charge in [-0.25, -0.2) is 0 Å². The third kappa shape index (κ3) is 3.05. The number of piperidine rings is 1. The third-order valence-electron chi connectivity index (χ3n) is 4.06. The highest BCUT2D eigenvalue weighted by Gasteiger charge is 2.28. The van der Waals surface area contributed by atoms with E-state index in [1.54, 1.807) is 4.90 Å². The summed E-state index contributed by atoms with van der Waals surface area (Å²) >= 11 is 0.